The zero-order valence-corrected chi connectivity index (χ0v) is 12.1. The molecule has 2 amide bonds. The van der Waals surface area contributed by atoms with Gasteiger partial charge in [-0.1, -0.05) is 19.4 Å². The first-order valence-electron chi connectivity index (χ1n) is 7.00. The molecule has 0 heterocycles. The van der Waals surface area contributed by atoms with E-state index in [1.165, 1.54) is 18.2 Å². The fraction of sp³-hybridized carbons (Fsp3) is 0.500. The molecule has 0 aliphatic carbocycles. The molecule has 0 saturated heterocycles. The second-order valence-corrected chi connectivity index (χ2v) is 4.51. The van der Waals surface area contributed by atoms with Crippen LogP contribution in [0.3, 0.4) is 0 Å². The van der Waals surface area contributed by atoms with Gasteiger partial charge in [0.2, 0.25) is 0 Å². The van der Waals surface area contributed by atoms with Crippen molar-refractivity contribution in [2.45, 2.75) is 26.2 Å². The molecule has 7 nitrogen and oxygen atoms in total. The number of nitrogens with zero attached hydrogens (tertiary/aromatic N) is 1. The zero-order valence-electron chi connectivity index (χ0n) is 12.1. The lowest BCUT2D eigenvalue weighted by molar-refractivity contribution is -0.384. The number of benzene rings is 1. The average molecular weight is 295 g/mol. The van der Waals surface area contributed by atoms with Gasteiger partial charge in [-0.25, -0.2) is 4.79 Å². The van der Waals surface area contributed by atoms with Crippen LogP contribution in [0.4, 0.5) is 16.2 Å². The number of urea groups is 1. The standard InChI is InChI=1S/C14H21N3O4/c1-2-3-9-21-10-5-8-15-14(18)16-12-6-4-7-13(11-12)17(19)20/h4,6-7,11H,2-3,5,8-10H2,1H3,(H2,15,16,18). The molecule has 0 aromatic heterocycles. The van der Waals surface area contributed by atoms with Crippen molar-refractivity contribution in [3.05, 3.63) is 34.4 Å². The van der Waals surface area contributed by atoms with Crippen molar-refractivity contribution in [3.8, 4) is 0 Å². The van der Waals surface area contributed by atoms with Crippen molar-refractivity contribution in [2.24, 2.45) is 0 Å². The van der Waals surface area contributed by atoms with Crippen LogP contribution < -0.4 is 10.6 Å². The largest absolute Gasteiger partial charge is 0.381 e. The molecule has 1 aromatic rings. The minimum absolute atomic E-state index is 0.0582. The minimum atomic E-state index is -0.503. The number of hydrogen-bond donors (Lipinski definition) is 2. The molecule has 0 aliphatic rings. The minimum Gasteiger partial charge on any atom is -0.381 e. The third kappa shape index (κ3) is 7.26. The van der Waals surface area contributed by atoms with E-state index < -0.39 is 4.92 Å². The Balaban J connectivity index is 2.21. The number of rotatable bonds is 9. The second kappa shape index (κ2) is 9.71. The number of ether oxygens (including phenoxy) is 1. The van der Waals surface area contributed by atoms with Gasteiger partial charge in [0, 0.05) is 37.6 Å². The van der Waals surface area contributed by atoms with Gasteiger partial charge in [-0.3, -0.25) is 10.1 Å². The first-order chi connectivity index (χ1) is 10.1. The molecule has 2 N–H and O–H groups in total. The van der Waals surface area contributed by atoms with E-state index in [0.29, 0.717) is 18.8 Å². The Labute approximate surface area is 123 Å². The molecule has 0 fully saturated rings. The fourth-order valence-electron chi connectivity index (χ4n) is 1.60. The van der Waals surface area contributed by atoms with Crippen LogP contribution in [0.25, 0.3) is 0 Å². The van der Waals surface area contributed by atoms with E-state index in [9.17, 15) is 14.9 Å². The second-order valence-electron chi connectivity index (χ2n) is 4.51. The smallest absolute Gasteiger partial charge is 0.319 e. The SMILES string of the molecule is CCCCOCCCNC(=O)Nc1cccc([N+](=O)[O-])c1. The van der Waals surface area contributed by atoms with E-state index in [1.807, 2.05) is 0 Å². The molecule has 0 bridgehead atoms. The summed E-state index contributed by atoms with van der Waals surface area (Å²) in [6.07, 6.45) is 2.87. The summed E-state index contributed by atoms with van der Waals surface area (Å²) in [5.41, 5.74) is 0.331. The lowest BCUT2D eigenvalue weighted by Gasteiger charge is -2.08. The van der Waals surface area contributed by atoms with Gasteiger partial charge in [0.15, 0.2) is 0 Å². The van der Waals surface area contributed by atoms with Crippen LogP contribution in [0, 0.1) is 10.1 Å². The maximum absolute atomic E-state index is 11.6. The van der Waals surface area contributed by atoms with Crippen LogP contribution in [0.1, 0.15) is 26.2 Å². The molecule has 0 spiro atoms. The Morgan fingerprint density at radius 2 is 2.10 bits per heavy atom. The predicted molar refractivity (Wildman–Crippen MR) is 80.5 cm³/mol. The Bertz CT molecular complexity index is 465. The Morgan fingerprint density at radius 3 is 2.81 bits per heavy atom. The number of non-ortho nitro benzene ring substituents is 1. The van der Waals surface area contributed by atoms with Crippen LogP contribution in [0.5, 0.6) is 0 Å². The number of carbonyl (C=O) groups excluding carboxylic acids is 1. The lowest BCUT2D eigenvalue weighted by Crippen LogP contribution is -2.30. The fourth-order valence-corrected chi connectivity index (χ4v) is 1.60. The van der Waals surface area contributed by atoms with Crippen LogP contribution in [0.15, 0.2) is 24.3 Å². The summed E-state index contributed by atoms with van der Waals surface area (Å²) in [4.78, 5) is 21.7. The van der Waals surface area contributed by atoms with E-state index >= 15 is 0 Å². The molecule has 7 heteroatoms. The van der Waals surface area contributed by atoms with Crippen molar-refractivity contribution >= 4 is 17.4 Å². The van der Waals surface area contributed by atoms with Crippen molar-refractivity contribution in [2.75, 3.05) is 25.1 Å². The van der Waals surface area contributed by atoms with Crippen LogP contribution in [0.2, 0.25) is 0 Å². The monoisotopic (exact) mass is 295 g/mol. The Kier molecular flexibility index (Phi) is 7.81. The Hall–Kier alpha value is -2.15. The quantitative estimate of drug-likeness (QED) is 0.416. The molecule has 0 aliphatic heterocycles. The molecule has 21 heavy (non-hydrogen) atoms. The lowest BCUT2D eigenvalue weighted by atomic mass is 10.3. The molecular weight excluding hydrogens is 274 g/mol. The van der Waals surface area contributed by atoms with E-state index in [0.717, 1.165) is 25.9 Å². The highest BCUT2D eigenvalue weighted by molar-refractivity contribution is 5.89. The van der Waals surface area contributed by atoms with Gasteiger partial charge in [0.05, 0.1) is 4.92 Å². The van der Waals surface area contributed by atoms with Gasteiger partial charge < -0.3 is 15.4 Å². The van der Waals surface area contributed by atoms with Crippen LogP contribution in [-0.4, -0.2) is 30.7 Å². The molecule has 0 unspecified atom stereocenters. The number of nitro groups is 1. The normalized spacial score (nSPS) is 10.1. The number of nitro benzene ring substituents is 1. The summed E-state index contributed by atoms with van der Waals surface area (Å²) in [6.45, 7) is 3.95. The zero-order chi connectivity index (χ0) is 15.5. The van der Waals surface area contributed by atoms with Gasteiger partial charge in [-0.15, -0.1) is 0 Å². The molecule has 0 saturated carbocycles. The van der Waals surface area contributed by atoms with E-state index in [2.05, 4.69) is 17.6 Å². The first-order valence-corrected chi connectivity index (χ1v) is 7.00. The number of unbranched alkanes of at least 4 members (excludes halogenated alkanes) is 1. The molecule has 116 valence electrons. The van der Waals surface area contributed by atoms with Gasteiger partial charge in [0.1, 0.15) is 0 Å². The predicted octanol–water partition coefficient (Wildman–Crippen LogP) is 2.92. The first kappa shape index (κ1) is 16.9. The molecule has 1 aromatic carbocycles. The third-order valence-corrected chi connectivity index (χ3v) is 2.71. The van der Waals surface area contributed by atoms with Gasteiger partial charge in [-0.05, 0) is 18.9 Å². The molecule has 0 atom stereocenters. The molecule has 0 radical (unpaired) electrons. The van der Waals surface area contributed by atoms with Gasteiger partial charge in [0.25, 0.3) is 5.69 Å². The van der Waals surface area contributed by atoms with Crippen molar-refractivity contribution < 1.29 is 14.5 Å². The summed E-state index contributed by atoms with van der Waals surface area (Å²) >= 11 is 0. The average Bonchev–Trinajstić information content (AvgIpc) is 2.46. The summed E-state index contributed by atoms with van der Waals surface area (Å²) in [5.74, 6) is 0. The summed E-state index contributed by atoms with van der Waals surface area (Å²) in [5, 5.41) is 15.8. The van der Waals surface area contributed by atoms with E-state index in [4.69, 9.17) is 4.74 Å². The Morgan fingerprint density at radius 1 is 1.33 bits per heavy atom. The van der Waals surface area contributed by atoms with Gasteiger partial charge >= 0.3 is 6.03 Å². The number of nitrogens with one attached hydrogen (secondary N) is 2. The van der Waals surface area contributed by atoms with Crippen molar-refractivity contribution in [3.63, 3.8) is 0 Å². The maximum Gasteiger partial charge on any atom is 0.319 e. The van der Waals surface area contributed by atoms with Crippen molar-refractivity contribution in [1.82, 2.24) is 5.32 Å². The number of carbonyl (C=O) groups is 1. The van der Waals surface area contributed by atoms with Crippen molar-refractivity contribution in [1.29, 1.82) is 0 Å². The van der Waals surface area contributed by atoms with Gasteiger partial charge in [-0.2, -0.15) is 0 Å². The topological polar surface area (TPSA) is 93.5 Å². The number of hydrogen-bond acceptors (Lipinski definition) is 4. The summed E-state index contributed by atoms with van der Waals surface area (Å²) < 4.78 is 5.37. The highest BCUT2D eigenvalue weighted by atomic mass is 16.6. The van der Waals surface area contributed by atoms with E-state index in [1.54, 1.807) is 6.07 Å². The molecule has 1 rings (SSSR count). The number of amides is 2. The molecular formula is C14H21N3O4. The highest BCUT2D eigenvalue weighted by Crippen LogP contribution is 2.16. The number of anilines is 1. The highest BCUT2D eigenvalue weighted by Gasteiger charge is 2.07. The van der Waals surface area contributed by atoms with E-state index in [-0.39, 0.29) is 11.7 Å². The van der Waals surface area contributed by atoms with Crippen LogP contribution >= 0.6 is 0 Å². The van der Waals surface area contributed by atoms with Crippen LogP contribution in [-0.2, 0) is 4.74 Å². The third-order valence-electron chi connectivity index (χ3n) is 2.71. The summed E-state index contributed by atoms with van der Waals surface area (Å²) in [7, 11) is 0. The maximum atomic E-state index is 11.6. The summed E-state index contributed by atoms with van der Waals surface area (Å²) in [6, 6.07) is 5.42.